The average molecular weight is 573 g/mol. The molecule has 4 rings (SSSR count). The van der Waals surface area contributed by atoms with Gasteiger partial charge < -0.3 is 25.4 Å². The van der Waals surface area contributed by atoms with Crippen LogP contribution in [0.25, 0.3) is 0 Å². The van der Waals surface area contributed by atoms with Gasteiger partial charge in [-0.25, -0.2) is 23.3 Å². The van der Waals surface area contributed by atoms with Crippen LogP contribution >= 0.6 is 0 Å². The quantitative estimate of drug-likeness (QED) is 0.309. The average Bonchev–Trinajstić information content (AvgIpc) is 2.96. The Morgan fingerprint density at radius 1 is 1.15 bits per heavy atom. The number of halogens is 2. The first kappa shape index (κ1) is 30.2. The van der Waals surface area contributed by atoms with Crippen molar-refractivity contribution < 1.29 is 32.6 Å². The van der Waals surface area contributed by atoms with Gasteiger partial charge in [-0.3, -0.25) is 9.78 Å². The molecule has 0 bridgehead atoms. The Labute approximate surface area is 236 Å². The smallest absolute Gasteiger partial charge is 0.352 e. The van der Waals surface area contributed by atoms with E-state index in [1.54, 1.807) is 0 Å². The number of hydrogen-bond donors (Lipinski definition) is 3. The van der Waals surface area contributed by atoms with Crippen molar-refractivity contribution >= 4 is 23.7 Å². The molecule has 11 nitrogen and oxygen atoms in total. The summed E-state index contributed by atoms with van der Waals surface area (Å²) in [7, 11) is 2.49. The summed E-state index contributed by atoms with van der Waals surface area (Å²) in [4.78, 5) is 48.5. The second-order valence-corrected chi connectivity index (χ2v) is 9.93. The summed E-state index contributed by atoms with van der Waals surface area (Å²) in [6.45, 7) is 3.11. The van der Waals surface area contributed by atoms with Crippen LogP contribution < -0.4 is 16.0 Å². The fraction of sp³-hybridized carbons (Fsp3) is 0.464. The van der Waals surface area contributed by atoms with Crippen LogP contribution in [0.4, 0.5) is 18.4 Å². The van der Waals surface area contributed by atoms with Gasteiger partial charge >= 0.3 is 18.0 Å². The third-order valence-corrected chi connectivity index (χ3v) is 7.15. The molecule has 2 aliphatic heterocycles. The van der Waals surface area contributed by atoms with Gasteiger partial charge in [0, 0.05) is 31.9 Å². The maximum absolute atomic E-state index is 14.2. The summed E-state index contributed by atoms with van der Waals surface area (Å²) in [5, 5.41) is 9.59. The first-order valence-electron chi connectivity index (χ1n) is 13.3. The minimum atomic E-state index is -1.34. The highest BCUT2D eigenvalue weighted by molar-refractivity contribution is 6.12. The van der Waals surface area contributed by atoms with Crippen molar-refractivity contribution in [3.8, 4) is 0 Å². The molecule has 1 saturated heterocycles. The molecule has 1 aromatic carbocycles. The van der Waals surface area contributed by atoms with Crippen molar-refractivity contribution in [1.82, 2.24) is 25.8 Å². The molecule has 4 amide bonds. The minimum absolute atomic E-state index is 0.00774. The highest BCUT2D eigenvalue weighted by Crippen LogP contribution is 2.36. The molecule has 0 radical (unpaired) electrons. The van der Waals surface area contributed by atoms with Crippen molar-refractivity contribution in [2.45, 2.75) is 37.9 Å². The maximum Gasteiger partial charge on any atom is 0.352 e. The Balaban J connectivity index is 1.45. The van der Waals surface area contributed by atoms with E-state index >= 15 is 0 Å². The predicted molar refractivity (Wildman–Crippen MR) is 145 cm³/mol. The zero-order chi connectivity index (χ0) is 29.5. The zero-order valence-corrected chi connectivity index (χ0v) is 23.2. The van der Waals surface area contributed by atoms with E-state index in [0.29, 0.717) is 6.54 Å². The number of nitrogens with one attached hydrogen (secondary N) is 3. The largest absolute Gasteiger partial charge is 0.468 e. The van der Waals surface area contributed by atoms with E-state index in [1.807, 2.05) is 25.1 Å². The fourth-order valence-electron chi connectivity index (χ4n) is 5.23. The first-order valence-corrected chi connectivity index (χ1v) is 13.3. The lowest BCUT2D eigenvalue weighted by atomic mass is 9.86. The van der Waals surface area contributed by atoms with Gasteiger partial charge in [-0.2, -0.15) is 4.99 Å². The molecule has 2 aromatic rings. The molecule has 2 aliphatic rings. The number of esters is 1. The standard InChI is InChI=1S/C28H34F2N6O5/c1-16-5-4-6-21(34-16)22-14-18(9-10-32-22)31-11-12-33-27(38)36-25(17-7-8-19(29)20(30)13-17)24(26(37)41-3)23(15-40-2)35-28(36)39/h4-8,13,18,22,24-25,31-32H,9-12,14-15H2,1-3H3,(H,33,38)/t18?,22?,24?,25-/m0/s1. The van der Waals surface area contributed by atoms with Gasteiger partial charge in [0.05, 0.1) is 37.2 Å². The number of pyridine rings is 1. The number of aromatic nitrogens is 1. The molecule has 13 heteroatoms. The van der Waals surface area contributed by atoms with E-state index in [4.69, 9.17) is 9.47 Å². The molecular weight excluding hydrogens is 538 g/mol. The Kier molecular flexibility index (Phi) is 10.1. The summed E-state index contributed by atoms with van der Waals surface area (Å²) in [6, 6.07) is 5.98. The third kappa shape index (κ3) is 7.10. The zero-order valence-electron chi connectivity index (χ0n) is 23.2. The number of carbonyl (C=O) groups excluding carboxylic acids is 3. The van der Waals surface area contributed by atoms with Crippen molar-refractivity contribution in [2.24, 2.45) is 10.9 Å². The number of rotatable bonds is 9. The summed E-state index contributed by atoms with van der Waals surface area (Å²) in [5.74, 6) is -4.41. The fourth-order valence-corrected chi connectivity index (χ4v) is 5.23. The predicted octanol–water partition coefficient (Wildman–Crippen LogP) is 2.81. The van der Waals surface area contributed by atoms with Gasteiger partial charge in [0.25, 0.3) is 0 Å². The van der Waals surface area contributed by atoms with Crippen LogP contribution in [-0.2, 0) is 14.3 Å². The summed E-state index contributed by atoms with van der Waals surface area (Å²) in [6.07, 6.45) is 1.70. The number of carbonyl (C=O) groups is 3. The van der Waals surface area contributed by atoms with E-state index in [1.165, 1.54) is 13.2 Å². The molecule has 3 unspecified atom stereocenters. The minimum Gasteiger partial charge on any atom is -0.468 e. The van der Waals surface area contributed by atoms with Crippen LogP contribution in [0, 0.1) is 24.5 Å². The number of piperidine rings is 1. The number of methoxy groups -OCH3 is 2. The number of urea groups is 2. The Bertz CT molecular complexity index is 1310. The number of benzene rings is 1. The van der Waals surface area contributed by atoms with Crippen LogP contribution in [-0.4, -0.2) is 80.1 Å². The van der Waals surface area contributed by atoms with E-state index in [2.05, 4.69) is 25.9 Å². The summed E-state index contributed by atoms with van der Waals surface area (Å²) < 4.78 is 38.0. The monoisotopic (exact) mass is 572 g/mol. The van der Waals surface area contributed by atoms with E-state index in [-0.39, 0.29) is 36.5 Å². The van der Waals surface area contributed by atoms with Gasteiger partial charge in [-0.15, -0.1) is 0 Å². The second kappa shape index (κ2) is 13.7. The number of imide groups is 1. The number of nitrogens with zero attached hydrogens (tertiary/aromatic N) is 3. The number of aryl methyl sites for hydroxylation is 1. The lowest BCUT2D eigenvalue weighted by Crippen LogP contribution is -2.54. The van der Waals surface area contributed by atoms with Gasteiger partial charge in [0.15, 0.2) is 11.6 Å². The van der Waals surface area contributed by atoms with Gasteiger partial charge in [-0.05, 0) is 56.1 Å². The molecule has 3 heterocycles. The van der Waals surface area contributed by atoms with Gasteiger partial charge in [0.2, 0.25) is 0 Å². The Morgan fingerprint density at radius 3 is 2.66 bits per heavy atom. The highest BCUT2D eigenvalue weighted by atomic mass is 19.2. The summed E-state index contributed by atoms with van der Waals surface area (Å²) >= 11 is 0. The number of ether oxygens (including phenoxy) is 2. The first-order chi connectivity index (χ1) is 19.7. The van der Waals surface area contributed by atoms with Crippen LogP contribution in [0.15, 0.2) is 41.4 Å². The van der Waals surface area contributed by atoms with Crippen LogP contribution in [0.3, 0.4) is 0 Å². The summed E-state index contributed by atoms with van der Waals surface area (Å²) in [5.41, 5.74) is 1.96. The van der Waals surface area contributed by atoms with Crippen molar-refractivity contribution in [3.63, 3.8) is 0 Å². The van der Waals surface area contributed by atoms with Gasteiger partial charge in [0.1, 0.15) is 5.92 Å². The number of hydrogen-bond acceptors (Lipinski definition) is 8. The molecule has 0 saturated carbocycles. The van der Waals surface area contributed by atoms with E-state index in [0.717, 1.165) is 54.9 Å². The van der Waals surface area contributed by atoms with E-state index in [9.17, 15) is 23.2 Å². The Morgan fingerprint density at radius 2 is 1.95 bits per heavy atom. The van der Waals surface area contributed by atoms with Crippen molar-refractivity contribution in [3.05, 3.63) is 65.0 Å². The van der Waals surface area contributed by atoms with Crippen LogP contribution in [0.2, 0.25) is 0 Å². The van der Waals surface area contributed by atoms with Crippen LogP contribution in [0.1, 0.15) is 41.9 Å². The van der Waals surface area contributed by atoms with Crippen molar-refractivity contribution in [1.29, 1.82) is 0 Å². The van der Waals surface area contributed by atoms with Crippen LogP contribution in [0.5, 0.6) is 0 Å². The molecule has 1 aromatic heterocycles. The normalized spacial score (nSPS) is 22.7. The molecular formula is C28H34F2N6O5. The highest BCUT2D eigenvalue weighted by Gasteiger charge is 2.47. The topological polar surface area (TPSA) is 134 Å². The molecule has 3 N–H and O–H groups in total. The number of aliphatic imine (C=N–C) groups is 1. The lowest BCUT2D eigenvalue weighted by molar-refractivity contribution is -0.144. The SMILES string of the molecule is COCC1=NC(=O)N(C(=O)NCCNC2CCNC(c3cccc(C)n3)C2)[C@@H](c2ccc(F)c(F)c2)C1C(=O)OC. The molecule has 4 atom stereocenters. The van der Waals surface area contributed by atoms with Gasteiger partial charge in [-0.1, -0.05) is 12.1 Å². The van der Waals surface area contributed by atoms with Crippen molar-refractivity contribution in [2.75, 3.05) is 40.5 Å². The second-order valence-electron chi connectivity index (χ2n) is 9.93. The third-order valence-electron chi connectivity index (χ3n) is 7.15. The lowest BCUT2D eigenvalue weighted by Gasteiger charge is -2.37. The molecule has 0 aliphatic carbocycles. The molecule has 1 fully saturated rings. The maximum atomic E-state index is 14.2. The molecule has 41 heavy (non-hydrogen) atoms. The molecule has 0 spiro atoms. The van der Waals surface area contributed by atoms with E-state index < -0.39 is 41.6 Å². The molecule has 220 valence electrons. The Hall–Kier alpha value is -3.81. The number of amides is 4.